The molecule has 99 heavy (non-hydrogen) atoms. The topological polar surface area (TPSA) is 134 Å². The number of unbranched alkanes of at least 4 members (excludes halogenated alkanes) is 52. The van der Waals surface area contributed by atoms with E-state index in [1.807, 2.05) is 0 Å². The number of hydrogen-bond donors (Lipinski definition) is 2. The van der Waals surface area contributed by atoms with Gasteiger partial charge in [-0.1, -0.05) is 419 Å². The maximum absolute atomic E-state index is 12.8. The van der Waals surface area contributed by atoms with Crippen molar-refractivity contribution >= 4 is 19.8 Å². The fourth-order valence-corrected chi connectivity index (χ4v) is 13.5. The van der Waals surface area contributed by atoms with Crippen LogP contribution in [0, 0.1) is 0 Å². The van der Waals surface area contributed by atoms with Gasteiger partial charge in [0.2, 0.25) is 0 Å². The lowest BCUT2D eigenvalue weighted by Crippen LogP contribution is -2.29. The van der Waals surface area contributed by atoms with Gasteiger partial charge in [-0.05, 0) is 89.9 Å². The van der Waals surface area contributed by atoms with E-state index in [0.717, 1.165) is 83.5 Å². The molecule has 9 nitrogen and oxygen atoms in total. The molecule has 0 aromatic heterocycles. The Labute approximate surface area is 614 Å². The number of carbonyl (C=O) groups is 2. The number of esters is 2. The fourth-order valence-electron chi connectivity index (χ4n) is 12.7. The third-order valence-electron chi connectivity index (χ3n) is 19.0. The zero-order chi connectivity index (χ0) is 71.5. The molecule has 0 rings (SSSR count). The second kappa shape index (κ2) is 83.9. The van der Waals surface area contributed by atoms with E-state index in [0.29, 0.717) is 6.42 Å². The quantitative estimate of drug-likeness (QED) is 0.0264. The molecule has 0 aromatic carbocycles. The van der Waals surface area contributed by atoms with Crippen molar-refractivity contribution in [1.29, 1.82) is 0 Å². The van der Waals surface area contributed by atoms with Gasteiger partial charge in [0.15, 0.2) is 6.10 Å². The molecule has 0 saturated heterocycles. The highest BCUT2D eigenvalue weighted by atomic mass is 31.2. The Kier molecular flexibility index (Phi) is 81.3. The molecule has 576 valence electrons. The molecule has 0 saturated carbocycles. The van der Waals surface area contributed by atoms with Crippen molar-refractivity contribution in [3.63, 3.8) is 0 Å². The maximum atomic E-state index is 12.8. The minimum absolute atomic E-state index is 0.0547. The minimum Gasteiger partial charge on any atom is -0.462 e. The summed E-state index contributed by atoms with van der Waals surface area (Å²) in [5.41, 5.74) is 5.42. The van der Waals surface area contributed by atoms with Gasteiger partial charge in [-0.25, -0.2) is 4.57 Å². The van der Waals surface area contributed by atoms with Crippen LogP contribution in [0.3, 0.4) is 0 Å². The minimum atomic E-state index is -4.40. The lowest BCUT2D eigenvalue weighted by Gasteiger charge is -2.19. The van der Waals surface area contributed by atoms with E-state index < -0.39 is 26.5 Å². The first kappa shape index (κ1) is 95.9. The summed E-state index contributed by atoms with van der Waals surface area (Å²) in [6.07, 6.45) is 116. The Morgan fingerprint density at radius 1 is 0.303 bits per heavy atom. The highest BCUT2D eigenvalue weighted by Crippen LogP contribution is 2.43. The van der Waals surface area contributed by atoms with Crippen LogP contribution in [0.15, 0.2) is 97.2 Å². The van der Waals surface area contributed by atoms with Gasteiger partial charge in [0.05, 0.1) is 13.2 Å². The van der Waals surface area contributed by atoms with Crippen molar-refractivity contribution in [2.24, 2.45) is 5.73 Å². The molecule has 2 atom stereocenters. The van der Waals surface area contributed by atoms with Gasteiger partial charge in [-0.3, -0.25) is 18.6 Å². The molecule has 0 aromatic rings. The fraction of sp³-hybridized carbons (Fsp3) is 0.798. The van der Waals surface area contributed by atoms with E-state index >= 15 is 0 Å². The van der Waals surface area contributed by atoms with Crippen LogP contribution in [0.1, 0.15) is 425 Å². The molecule has 10 heteroatoms. The van der Waals surface area contributed by atoms with Crippen LogP contribution < -0.4 is 5.73 Å². The molecular weight excluding hydrogens is 1240 g/mol. The Morgan fingerprint density at radius 2 is 0.525 bits per heavy atom. The van der Waals surface area contributed by atoms with Crippen LogP contribution >= 0.6 is 7.82 Å². The number of allylic oxidation sites excluding steroid dienone is 16. The molecule has 2 unspecified atom stereocenters. The average Bonchev–Trinajstić information content (AvgIpc) is 1.19. The third kappa shape index (κ3) is 83.8. The zero-order valence-corrected chi connectivity index (χ0v) is 66.1. The van der Waals surface area contributed by atoms with Crippen LogP contribution in [0.25, 0.3) is 0 Å². The van der Waals surface area contributed by atoms with E-state index in [-0.39, 0.29) is 38.6 Å². The van der Waals surface area contributed by atoms with Crippen LogP contribution in [-0.4, -0.2) is 49.3 Å². The molecular formula is C89H162NO8P. The summed E-state index contributed by atoms with van der Waals surface area (Å²) in [6.45, 7) is 3.59. The first-order valence-corrected chi connectivity index (χ1v) is 44.2. The van der Waals surface area contributed by atoms with E-state index in [1.54, 1.807) is 0 Å². The van der Waals surface area contributed by atoms with Crippen molar-refractivity contribution in [2.75, 3.05) is 26.4 Å². The predicted octanol–water partition coefficient (Wildman–Crippen LogP) is 29.0. The molecule has 0 aliphatic rings. The summed E-state index contributed by atoms with van der Waals surface area (Å²) in [5, 5.41) is 0. The molecule has 0 bridgehead atoms. The number of phosphoric ester groups is 1. The predicted molar refractivity (Wildman–Crippen MR) is 432 cm³/mol. The van der Waals surface area contributed by atoms with Gasteiger partial charge in [-0.2, -0.15) is 0 Å². The zero-order valence-electron chi connectivity index (χ0n) is 65.2. The summed E-state index contributed by atoms with van der Waals surface area (Å²) in [7, 11) is -4.40. The largest absolute Gasteiger partial charge is 0.472 e. The van der Waals surface area contributed by atoms with Crippen LogP contribution in [-0.2, 0) is 32.7 Å². The van der Waals surface area contributed by atoms with Crippen molar-refractivity contribution < 1.29 is 37.6 Å². The Hall–Kier alpha value is -3.07. The van der Waals surface area contributed by atoms with Gasteiger partial charge >= 0.3 is 19.8 Å². The van der Waals surface area contributed by atoms with E-state index in [9.17, 15) is 19.0 Å². The van der Waals surface area contributed by atoms with Gasteiger partial charge in [0.1, 0.15) is 6.61 Å². The van der Waals surface area contributed by atoms with E-state index in [1.165, 1.54) is 308 Å². The second-order valence-electron chi connectivity index (χ2n) is 28.6. The molecule has 0 aliphatic heterocycles. The SMILES string of the molecule is CC/C=C\C/C=C\C/C=C\C/C=C\CCCCCCCCCCCCCCCCCCCCCCCCCCCCCCC(=O)OC(COC(=O)CCCCCCCCCCCCCCCCCCCCCCCCCC/C=C\C/C=C\C/C=C\C/C=C\CC)COP(=O)(O)OCCN. The van der Waals surface area contributed by atoms with Gasteiger partial charge in [0.25, 0.3) is 0 Å². The van der Waals surface area contributed by atoms with Crippen molar-refractivity contribution in [3.8, 4) is 0 Å². The Balaban J connectivity index is 3.72. The summed E-state index contributed by atoms with van der Waals surface area (Å²) in [5.74, 6) is -0.804. The number of ether oxygens (including phenoxy) is 2. The maximum Gasteiger partial charge on any atom is 0.472 e. The molecule has 0 radical (unpaired) electrons. The number of carbonyl (C=O) groups excluding carboxylic acids is 2. The number of rotatable bonds is 81. The first-order valence-electron chi connectivity index (χ1n) is 42.7. The van der Waals surface area contributed by atoms with Gasteiger partial charge in [0, 0.05) is 19.4 Å². The molecule has 0 spiro atoms. The van der Waals surface area contributed by atoms with Gasteiger partial charge in [-0.15, -0.1) is 0 Å². The summed E-state index contributed by atoms with van der Waals surface area (Å²) < 4.78 is 33.3. The first-order chi connectivity index (χ1) is 48.8. The normalized spacial score (nSPS) is 13.3. The van der Waals surface area contributed by atoms with Crippen LogP contribution in [0.4, 0.5) is 0 Å². The van der Waals surface area contributed by atoms with Crippen LogP contribution in [0.5, 0.6) is 0 Å². The smallest absolute Gasteiger partial charge is 0.462 e. The number of hydrogen-bond acceptors (Lipinski definition) is 8. The number of phosphoric acid groups is 1. The van der Waals surface area contributed by atoms with Crippen molar-refractivity contribution in [3.05, 3.63) is 97.2 Å². The van der Waals surface area contributed by atoms with E-state index in [4.69, 9.17) is 24.3 Å². The second-order valence-corrected chi connectivity index (χ2v) is 30.1. The number of nitrogens with two attached hydrogens (primary N) is 1. The van der Waals surface area contributed by atoms with Crippen molar-refractivity contribution in [2.45, 2.75) is 431 Å². The van der Waals surface area contributed by atoms with Gasteiger partial charge < -0.3 is 20.1 Å². The molecule has 0 heterocycles. The van der Waals surface area contributed by atoms with E-state index in [2.05, 4.69) is 111 Å². The highest BCUT2D eigenvalue weighted by molar-refractivity contribution is 7.47. The van der Waals surface area contributed by atoms with Crippen LogP contribution in [0.2, 0.25) is 0 Å². The lowest BCUT2D eigenvalue weighted by molar-refractivity contribution is -0.161. The Bertz CT molecular complexity index is 1950. The Morgan fingerprint density at radius 3 is 0.778 bits per heavy atom. The molecule has 3 N–H and O–H groups in total. The summed E-state index contributed by atoms with van der Waals surface area (Å²) in [4.78, 5) is 35.5. The highest BCUT2D eigenvalue weighted by Gasteiger charge is 2.26. The average molecular weight is 1410 g/mol. The molecule has 0 fully saturated rings. The molecule has 0 aliphatic carbocycles. The third-order valence-corrected chi connectivity index (χ3v) is 19.9. The molecule has 0 amide bonds. The summed E-state index contributed by atoms with van der Waals surface area (Å²) in [6, 6.07) is 0. The standard InChI is InChI=1S/C89H162NO8P/c1-3-5-7-9-11-13-15-17-19-21-23-25-27-29-31-33-35-37-39-41-42-43-44-46-48-50-52-54-56-58-60-62-64-66-68-70-72-74-76-78-80-82-89(92)98-87(86-97-99(93,94)96-84-83-90)85-95-88(91)81-79-77-75-73-71-69-67-65-63-61-59-57-55-53-51-49-47-45-40-38-36-34-32-30-28-26-24-22-20-18-16-14-12-10-8-6-4-2/h5-8,11-14,17-20,23-26,87H,3-4,9-10,15-16,21-22,27-86,90H2,1-2H3,(H,93,94)/b7-5-,8-6-,13-11-,14-12-,19-17-,20-18-,25-23-,26-24-. The van der Waals surface area contributed by atoms with Crippen molar-refractivity contribution in [1.82, 2.24) is 0 Å². The monoisotopic (exact) mass is 1400 g/mol. The summed E-state index contributed by atoms with van der Waals surface area (Å²) >= 11 is 0. The lowest BCUT2D eigenvalue weighted by atomic mass is 10.0.